The van der Waals surface area contributed by atoms with Crippen molar-refractivity contribution in [3.05, 3.63) is 25.3 Å². The normalized spacial score (nSPS) is 10.4. The molecular formula is C12H18O4. The van der Waals surface area contributed by atoms with E-state index in [1.165, 1.54) is 0 Å². The van der Waals surface area contributed by atoms with E-state index in [0.29, 0.717) is 0 Å². The molecule has 0 unspecified atom stereocenters. The summed E-state index contributed by atoms with van der Waals surface area (Å²) in [6.07, 6.45) is 2.93. The van der Waals surface area contributed by atoms with Gasteiger partial charge in [-0.25, -0.2) is 9.59 Å². The van der Waals surface area contributed by atoms with E-state index >= 15 is 0 Å². The average Bonchev–Trinajstić information content (AvgIpc) is 2.32. The Morgan fingerprint density at radius 1 is 1.12 bits per heavy atom. The fraction of sp³-hybridized carbons (Fsp3) is 0.500. The molecule has 0 aromatic rings. The summed E-state index contributed by atoms with van der Waals surface area (Å²) in [4.78, 5) is 21.8. The SMILES string of the molecule is C=CC(=O)OCC(C)(CC)COC(=O)C=C. The molecule has 0 atom stereocenters. The van der Waals surface area contributed by atoms with Crippen molar-refractivity contribution in [2.24, 2.45) is 5.41 Å². The molecule has 0 spiro atoms. The standard InChI is InChI=1S/C12H18O4/c1-5-10(13)15-8-12(4,7-3)9-16-11(14)6-2/h5-6H,1-2,7-9H2,3-4H3. The van der Waals surface area contributed by atoms with Crippen LogP contribution < -0.4 is 0 Å². The van der Waals surface area contributed by atoms with Crippen LogP contribution in [0.15, 0.2) is 25.3 Å². The molecule has 0 aliphatic rings. The number of hydrogen-bond donors (Lipinski definition) is 0. The minimum absolute atomic E-state index is 0.193. The van der Waals surface area contributed by atoms with Gasteiger partial charge in [-0.15, -0.1) is 0 Å². The highest BCUT2D eigenvalue weighted by Gasteiger charge is 2.25. The van der Waals surface area contributed by atoms with Gasteiger partial charge in [0, 0.05) is 17.6 Å². The van der Waals surface area contributed by atoms with Crippen molar-refractivity contribution in [2.45, 2.75) is 20.3 Å². The van der Waals surface area contributed by atoms with Crippen molar-refractivity contribution in [1.29, 1.82) is 0 Å². The third-order valence-electron chi connectivity index (χ3n) is 2.31. The van der Waals surface area contributed by atoms with Gasteiger partial charge < -0.3 is 9.47 Å². The molecule has 0 saturated carbocycles. The Labute approximate surface area is 95.9 Å². The second-order valence-corrected chi connectivity index (χ2v) is 3.79. The maximum absolute atomic E-state index is 10.9. The van der Waals surface area contributed by atoms with E-state index in [2.05, 4.69) is 13.2 Å². The number of carbonyl (C=O) groups is 2. The van der Waals surface area contributed by atoms with Crippen LogP contribution in [-0.4, -0.2) is 25.2 Å². The molecule has 0 rings (SSSR count). The zero-order chi connectivity index (χ0) is 12.6. The van der Waals surface area contributed by atoms with Gasteiger partial charge in [-0.05, 0) is 6.42 Å². The Balaban J connectivity index is 4.19. The third-order valence-corrected chi connectivity index (χ3v) is 2.31. The van der Waals surface area contributed by atoms with Gasteiger partial charge in [0.2, 0.25) is 0 Å². The zero-order valence-electron chi connectivity index (χ0n) is 9.82. The van der Waals surface area contributed by atoms with Crippen molar-refractivity contribution in [3.8, 4) is 0 Å². The quantitative estimate of drug-likeness (QED) is 0.491. The molecule has 4 nitrogen and oxygen atoms in total. The van der Waals surface area contributed by atoms with Crippen LogP contribution in [0.25, 0.3) is 0 Å². The van der Waals surface area contributed by atoms with E-state index < -0.39 is 11.9 Å². The molecule has 0 bridgehead atoms. The van der Waals surface area contributed by atoms with Crippen LogP contribution in [0.1, 0.15) is 20.3 Å². The second kappa shape index (κ2) is 6.82. The van der Waals surface area contributed by atoms with E-state index in [0.717, 1.165) is 18.6 Å². The van der Waals surface area contributed by atoms with Crippen LogP contribution in [0.2, 0.25) is 0 Å². The highest BCUT2D eigenvalue weighted by Crippen LogP contribution is 2.22. The fourth-order valence-electron chi connectivity index (χ4n) is 0.854. The van der Waals surface area contributed by atoms with Crippen molar-refractivity contribution in [3.63, 3.8) is 0 Å². The molecule has 0 radical (unpaired) electrons. The van der Waals surface area contributed by atoms with Crippen LogP contribution in [0.5, 0.6) is 0 Å². The minimum Gasteiger partial charge on any atom is -0.462 e. The molecule has 0 aliphatic heterocycles. The Hall–Kier alpha value is -1.58. The Bertz CT molecular complexity index is 257. The lowest BCUT2D eigenvalue weighted by atomic mass is 9.90. The van der Waals surface area contributed by atoms with Gasteiger partial charge in [0.25, 0.3) is 0 Å². The summed E-state index contributed by atoms with van der Waals surface area (Å²) in [7, 11) is 0. The average molecular weight is 226 g/mol. The second-order valence-electron chi connectivity index (χ2n) is 3.79. The monoisotopic (exact) mass is 226 g/mol. The van der Waals surface area contributed by atoms with E-state index in [9.17, 15) is 9.59 Å². The molecule has 16 heavy (non-hydrogen) atoms. The summed E-state index contributed by atoms with van der Waals surface area (Å²) in [5.41, 5.74) is -0.378. The third kappa shape index (κ3) is 5.34. The summed E-state index contributed by atoms with van der Waals surface area (Å²) in [5, 5.41) is 0. The summed E-state index contributed by atoms with van der Waals surface area (Å²) in [5.74, 6) is -0.954. The lowest BCUT2D eigenvalue weighted by Gasteiger charge is -2.26. The Morgan fingerprint density at radius 2 is 1.50 bits per heavy atom. The lowest BCUT2D eigenvalue weighted by Crippen LogP contribution is -2.30. The molecule has 0 fully saturated rings. The van der Waals surface area contributed by atoms with Crippen LogP contribution in [0.3, 0.4) is 0 Å². The number of ether oxygens (including phenoxy) is 2. The number of esters is 2. The predicted octanol–water partition coefficient (Wildman–Crippen LogP) is 1.86. The number of carbonyl (C=O) groups excluding carboxylic acids is 2. The topological polar surface area (TPSA) is 52.6 Å². The fourth-order valence-corrected chi connectivity index (χ4v) is 0.854. The van der Waals surface area contributed by atoms with Crippen molar-refractivity contribution in [2.75, 3.05) is 13.2 Å². The van der Waals surface area contributed by atoms with Gasteiger partial charge >= 0.3 is 11.9 Å². The highest BCUT2D eigenvalue weighted by molar-refractivity contribution is 5.81. The van der Waals surface area contributed by atoms with Crippen LogP contribution >= 0.6 is 0 Å². The molecular weight excluding hydrogens is 208 g/mol. The van der Waals surface area contributed by atoms with Gasteiger partial charge in [0.1, 0.15) is 13.2 Å². The molecule has 0 aromatic heterocycles. The van der Waals surface area contributed by atoms with Gasteiger partial charge in [0.05, 0.1) is 0 Å². The van der Waals surface area contributed by atoms with Gasteiger partial charge in [0.15, 0.2) is 0 Å². The van der Waals surface area contributed by atoms with E-state index in [1.54, 1.807) is 0 Å². The Morgan fingerprint density at radius 3 is 1.75 bits per heavy atom. The van der Waals surface area contributed by atoms with Gasteiger partial charge in [-0.2, -0.15) is 0 Å². The first-order valence-electron chi connectivity index (χ1n) is 5.06. The largest absolute Gasteiger partial charge is 0.462 e. The van der Waals surface area contributed by atoms with Crippen molar-refractivity contribution < 1.29 is 19.1 Å². The summed E-state index contributed by atoms with van der Waals surface area (Å²) in [6.45, 7) is 10.8. The first kappa shape index (κ1) is 14.4. The molecule has 0 amide bonds. The molecule has 0 heterocycles. The maximum atomic E-state index is 10.9. The first-order valence-corrected chi connectivity index (χ1v) is 5.06. The molecule has 0 N–H and O–H groups in total. The summed E-state index contributed by atoms with van der Waals surface area (Å²) < 4.78 is 9.88. The maximum Gasteiger partial charge on any atom is 0.330 e. The van der Waals surface area contributed by atoms with Gasteiger partial charge in [-0.3, -0.25) is 0 Å². The van der Waals surface area contributed by atoms with Gasteiger partial charge in [-0.1, -0.05) is 27.0 Å². The summed E-state index contributed by atoms with van der Waals surface area (Å²) in [6, 6.07) is 0. The van der Waals surface area contributed by atoms with Crippen LogP contribution in [0.4, 0.5) is 0 Å². The highest BCUT2D eigenvalue weighted by atomic mass is 16.5. The molecule has 0 aliphatic carbocycles. The minimum atomic E-state index is -0.477. The van der Waals surface area contributed by atoms with Crippen LogP contribution in [0, 0.1) is 5.41 Å². The smallest absolute Gasteiger partial charge is 0.330 e. The summed E-state index contributed by atoms with van der Waals surface area (Å²) >= 11 is 0. The van der Waals surface area contributed by atoms with Crippen molar-refractivity contribution in [1.82, 2.24) is 0 Å². The lowest BCUT2D eigenvalue weighted by molar-refractivity contribution is -0.147. The predicted molar refractivity (Wildman–Crippen MR) is 60.7 cm³/mol. The molecule has 0 saturated heterocycles. The molecule has 4 heteroatoms. The first-order chi connectivity index (χ1) is 7.47. The number of hydrogen-bond acceptors (Lipinski definition) is 4. The molecule has 90 valence electrons. The van der Waals surface area contributed by atoms with E-state index in [4.69, 9.17) is 9.47 Å². The van der Waals surface area contributed by atoms with E-state index in [-0.39, 0.29) is 18.6 Å². The van der Waals surface area contributed by atoms with E-state index in [1.807, 2.05) is 13.8 Å². The molecule has 0 aromatic carbocycles. The number of rotatable bonds is 7. The van der Waals surface area contributed by atoms with Crippen molar-refractivity contribution >= 4 is 11.9 Å². The van der Waals surface area contributed by atoms with Crippen LogP contribution in [-0.2, 0) is 19.1 Å². The Kier molecular flexibility index (Phi) is 6.15. The zero-order valence-corrected chi connectivity index (χ0v) is 9.82.